The standard InChI is InChI=1S/C13H12BrF2NS/c14-11-6-12(18-8-11)7-17-9-13(15,16)10-4-2-1-3-5-10/h1-6,8,17H,7,9H2. The van der Waals surface area contributed by atoms with Gasteiger partial charge in [0.2, 0.25) is 0 Å². The van der Waals surface area contributed by atoms with Crippen molar-refractivity contribution in [1.29, 1.82) is 0 Å². The highest BCUT2D eigenvalue weighted by molar-refractivity contribution is 9.10. The molecule has 0 amide bonds. The van der Waals surface area contributed by atoms with Crippen molar-refractivity contribution in [2.75, 3.05) is 6.54 Å². The van der Waals surface area contributed by atoms with Gasteiger partial charge in [-0.3, -0.25) is 0 Å². The highest BCUT2D eigenvalue weighted by Crippen LogP contribution is 2.27. The Bertz CT molecular complexity index is 499. The third-order valence-corrected chi connectivity index (χ3v) is 4.16. The first-order valence-corrected chi connectivity index (χ1v) is 7.12. The topological polar surface area (TPSA) is 12.0 Å². The summed E-state index contributed by atoms with van der Waals surface area (Å²) in [4.78, 5) is 1.03. The van der Waals surface area contributed by atoms with E-state index < -0.39 is 5.92 Å². The van der Waals surface area contributed by atoms with Crippen LogP contribution in [0, 0.1) is 0 Å². The maximum atomic E-state index is 13.8. The first kappa shape index (κ1) is 13.6. The van der Waals surface area contributed by atoms with E-state index in [0.29, 0.717) is 6.54 Å². The Balaban J connectivity index is 1.89. The van der Waals surface area contributed by atoms with Gasteiger partial charge in [-0.05, 0) is 22.0 Å². The molecule has 0 radical (unpaired) electrons. The average Bonchev–Trinajstić information content (AvgIpc) is 2.76. The van der Waals surface area contributed by atoms with E-state index in [4.69, 9.17) is 0 Å². The predicted octanol–water partition coefficient (Wildman–Crippen LogP) is 4.39. The van der Waals surface area contributed by atoms with Gasteiger partial charge in [0.05, 0.1) is 6.54 Å². The number of rotatable bonds is 5. The van der Waals surface area contributed by atoms with E-state index in [1.54, 1.807) is 29.5 Å². The molecule has 1 aromatic carbocycles. The molecular weight excluding hydrogens is 320 g/mol. The van der Waals surface area contributed by atoms with Crippen molar-refractivity contribution in [3.63, 3.8) is 0 Å². The predicted molar refractivity (Wildman–Crippen MR) is 74.1 cm³/mol. The van der Waals surface area contributed by atoms with E-state index in [1.807, 2.05) is 11.4 Å². The van der Waals surface area contributed by atoms with Crippen LogP contribution in [0.1, 0.15) is 10.4 Å². The van der Waals surface area contributed by atoms with Gasteiger partial charge >= 0.3 is 0 Å². The van der Waals surface area contributed by atoms with Crippen LogP contribution in [0.3, 0.4) is 0 Å². The molecule has 96 valence electrons. The maximum absolute atomic E-state index is 13.8. The zero-order chi connectivity index (χ0) is 13.0. The summed E-state index contributed by atoms with van der Waals surface area (Å²) < 4.78 is 28.6. The Kier molecular flexibility index (Phi) is 4.48. The molecule has 0 aliphatic rings. The van der Waals surface area contributed by atoms with Gasteiger partial charge < -0.3 is 5.32 Å². The van der Waals surface area contributed by atoms with Gasteiger partial charge in [-0.25, -0.2) is 0 Å². The second-order valence-electron chi connectivity index (χ2n) is 3.91. The van der Waals surface area contributed by atoms with Crippen molar-refractivity contribution in [3.8, 4) is 0 Å². The van der Waals surface area contributed by atoms with Crippen LogP contribution < -0.4 is 5.32 Å². The Morgan fingerprint density at radius 3 is 2.56 bits per heavy atom. The molecule has 0 unspecified atom stereocenters. The maximum Gasteiger partial charge on any atom is 0.285 e. The summed E-state index contributed by atoms with van der Waals surface area (Å²) in [5, 5.41) is 4.73. The SMILES string of the molecule is FC(F)(CNCc1cc(Br)cs1)c1ccccc1. The number of alkyl halides is 2. The number of nitrogens with one attached hydrogen (secondary N) is 1. The van der Waals surface area contributed by atoms with E-state index >= 15 is 0 Å². The minimum Gasteiger partial charge on any atom is -0.306 e. The normalized spacial score (nSPS) is 11.7. The third-order valence-electron chi connectivity index (χ3n) is 2.46. The van der Waals surface area contributed by atoms with Crippen LogP contribution in [0.2, 0.25) is 0 Å². The van der Waals surface area contributed by atoms with Crippen LogP contribution in [-0.4, -0.2) is 6.54 Å². The van der Waals surface area contributed by atoms with Gasteiger partial charge in [0, 0.05) is 26.8 Å². The fourth-order valence-corrected chi connectivity index (χ4v) is 2.99. The molecule has 0 fully saturated rings. The van der Waals surface area contributed by atoms with Gasteiger partial charge in [-0.1, -0.05) is 30.3 Å². The fourth-order valence-electron chi connectivity index (χ4n) is 1.57. The first-order valence-electron chi connectivity index (χ1n) is 5.45. The van der Waals surface area contributed by atoms with Crippen LogP contribution in [0.4, 0.5) is 8.78 Å². The number of benzene rings is 1. The van der Waals surface area contributed by atoms with Gasteiger partial charge in [0.1, 0.15) is 0 Å². The quantitative estimate of drug-likeness (QED) is 0.856. The molecule has 1 nitrogen and oxygen atoms in total. The van der Waals surface area contributed by atoms with E-state index in [9.17, 15) is 8.78 Å². The summed E-state index contributed by atoms with van der Waals surface area (Å²) in [5.74, 6) is -2.84. The van der Waals surface area contributed by atoms with Crippen molar-refractivity contribution in [2.45, 2.75) is 12.5 Å². The zero-order valence-corrected chi connectivity index (χ0v) is 11.9. The summed E-state index contributed by atoms with van der Waals surface area (Å²) in [6.45, 7) is 0.102. The van der Waals surface area contributed by atoms with Crippen molar-refractivity contribution < 1.29 is 8.78 Å². The Morgan fingerprint density at radius 2 is 1.94 bits per heavy atom. The Morgan fingerprint density at radius 1 is 1.22 bits per heavy atom. The molecule has 0 saturated heterocycles. The van der Waals surface area contributed by atoms with Crippen LogP contribution in [0.15, 0.2) is 46.3 Å². The van der Waals surface area contributed by atoms with E-state index in [-0.39, 0.29) is 12.1 Å². The molecule has 0 saturated carbocycles. The number of hydrogen-bond acceptors (Lipinski definition) is 2. The summed E-state index contributed by atoms with van der Waals surface area (Å²) in [5.41, 5.74) is 0.0462. The number of hydrogen-bond donors (Lipinski definition) is 1. The third kappa shape index (κ3) is 3.60. The molecule has 1 aromatic heterocycles. The summed E-state index contributed by atoms with van der Waals surface area (Å²) in [7, 11) is 0. The van der Waals surface area contributed by atoms with Crippen LogP contribution in [-0.2, 0) is 12.5 Å². The fraction of sp³-hybridized carbons (Fsp3) is 0.231. The molecule has 1 N–H and O–H groups in total. The molecule has 0 aliphatic heterocycles. The minimum atomic E-state index is -2.84. The van der Waals surface area contributed by atoms with Gasteiger partial charge in [0.15, 0.2) is 0 Å². The van der Waals surface area contributed by atoms with Crippen molar-refractivity contribution in [1.82, 2.24) is 5.32 Å². The van der Waals surface area contributed by atoms with Gasteiger partial charge in [0.25, 0.3) is 5.92 Å². The lowest BCUT2D eigenvalue weighted by Crippen LogP contribution is -2.30. The molecular formula is C13H12BrF2NS. The summed E-state index contributed by atoms with van der Waals surface area (Å²) >= 11 is 4.88. The molecule has 0 atom stereocenters. The molecule has 2 rings (SSSR count). The lowest BCUT2D eigenvalue weighted by Gasteiger charge is -2.17. The van der Waals surface area contributed by atoms with E-state index in [2.05, 4.69) is 21.2 Å². The van der Waals surface area contributed by atoms with Crippen LogP contribution in [0.25, 0.3) is 0 Å². The van der Waals surface area contributed by atoms with Crippen molar-refractivity contribution in [3.05, 3.63) is 56.7 Å². The highest BCUT2D eigenvalue weighted by Gasteiger charge is 2.30. The zero-order valence-electron chi connectivity index (χ0n) is 9.50. The van der Waals surface area contributed by atoms with Crippen molar-refractivity contribution in [2.24, 2.45) is 0 Å². The number of thiophene rings is 1. The summed E-state index contributed by atoms with van der Waals surface area (Å²) in [6.07, 6.45) is 0. The average molecular weight is 332 g/mol. The van der Waals surface area contributed by atoms with E-state index in [1.165, 1.54) is 12.1 Å². The second-order valence-corrected chi connectivity index (χ2v) is 5.82. The lowest BCUT2D eigenvalue weighted by molar-refractivity contribution is -0.00337. The lowest BCUT2D eigenvalue weighted by atomic mass is 10.1. The largest absolute Gasteiger partial charge is 0.306 e. The highest BCUT2D eigenvalue weighted by atomic mass is 79.9. The molecule has 0 bridgehead atoms. The first-order chi connectivity index (χ1) is 8.58. The molecule has 2 aromatic rings. The van der Waals surface area contributed by atoms with Gasteiger partial charge in [-0.15, -0.1) is 11.3 Å². The molecule has 1 heterocycles. The molecule has 0 spiro atoms. The second kappa shape index (κ2) is 5.91. The smallest absolute Gasteiger partial charge is 0.285 e. The molecule has 5 heteroatoms. The monoisotopic (exact) mass is 331 g/mol. The van der Waals surface area contributed by atoms with Crippen molar-refractivity contribution >= 4 is 27.3 Å². The van der Waals surface area contributed by atoms with Crippen LogP contribution >= 0.6 is 27.3 Å². The Hall–Kier alpha value is -0.780. The molecule has 0 aliphatic carbocycles. The summed E-state index contributed by atoms with van der Waals surface area (Å²) in [6, 6.07) is 9.81. The van der Waals surface area contributed by atoms with Gasteiger partial charge in [-0.2, -0.15) is 8.78 Å². The molecule has 18 heavy (non-hydrogen) atoms. The van der Waals surface area contributed by atoms with E-state index in [0.717, 1.165) is 9.35 Å². The minimum absolute atomic E-state index is 0.0462. The number of halogens is 3. The van der Waals surface area contributed by atoms with Crippen LogP contribution in [0.5, 0.6) is 0 Å². The Labute approximate surface area is 117 Å².